The lowest BCUT2D eigenvalue weighted by Crippen LogP contribution is -2.38. The maximum atomic E-state index is 11.8. The third-order valence-corrected chi connectivity index (χ3v) is 1.84. The lowest BCUT2D eigenvalue weighted by atomic mass is 10.2. The van der Waals surface area contributed by atoms with Crippen molar-refractivity contribution < 1.29 is 18.6 Å². The molecule has 1 saturated heterocycles. The minimum absolute atomic E-state index is 0.0638. The van der Waals surface area contributed by atoms with Gasteiger partial charge in [0.15, 0.2) is 0 Å². The number of nitrogens with one attached hydrogen (secondary N) is 1. The van der Waals surface area contributed by atoms with E-state index in [9.17, 15) is 8.78 Å². The van der Waals surface area contributed by atoms with Crippen LogP contribution in [0, 0.1) is 0 Å². The molecule has 1 fully saturated rings. The second-order valence-electron chi connectivity index (χ2n) is 2.87. The van der Waals surface area contributed by atoms with Crippen molar-refractivity contribution >= 4 is 0 Å². The molecule has 2 N–H and O–H groups in total. The van der Waals surface area contributed by atoms with Crippen molar-refractivity contribution in [2.75, 3.05) is 19.8 Å². The van der Waals surface area contributed by atoms with Crippen LogP contribution in [0.1, 0.15) is 6.42 Å². The van der Waals surface area contributed by atoms with Crippen molar-refractivity contribution in [3.8, 4) is 0 Å². The fourth-order valence-electron chi connectivity index (χ4n) is 1.07. The summed E-state index contributed by atoms with van der Waals surface area (Å²) in [5.41, 5.74) is 0. The van der Waals surface area contributed by atoms with Gasteiger partial charge in [-0.3, -0.25) is 0 Å². The molecule has 72 valence electrons. The van der Waals surface area contributed by atoms with E-state index in [2.05, 4.69) is 5.32 Å². The Morgan fingerprint density at radius 2 is 2.33 bits per heavy atom. The van der Waals surface area contributed by atoms with Gasteiger partial charge in [0.25, 0.3) is 6.43 Å². The Morgan fingerprint density at radius 3 is 2.83 bits per heavy atom. The SMILES string of the molecule is OC(CNC1CCOC1)C(F)F. The second-order valence-corrected chi connectivity index (χ2v) is 2.87. The van der Waals surface area contributed by atoms with Crippen LogP contribution < -0.4 is 5.32 Å². The van der Waals surface area contributed by atoms with Crippen molar-refractivity contribution in [2.24, 2.45) is 0 Å². The molecular formula is C7H13F2NO2. The van der Waals surface area contributed by atoms with Crippen molar-refractivity contribution in [3.63, 3.8) is 0 Å². The van der Waals surface area contributed by atoms with Crippen LogP contribution in [0.3, 0.4) is 0 Å². The van der Waals surface area contributed by atoms with Gasteiger partial charge in [-0.2, -0.15) is 0 Å². The van der Waals surface area contributed by atoms with Crippen LogP contribution in [-0.2, 0) is 4.74 Å². The highest BCUT2D eigenvalue weighted by atomic mass is 19.3. The van der Waals surface area contributed by atoms with Gasteiger partial charge in [-0.1, -0.05) is 0 Å². The Balaban J connectivity index is 2.07. The molecule has 0 amide bonds. The Morgan fingerprint density at radius 1 is 1.58 bits per heavy atom. The third-order valence-electron chi connectivity index (χ3n) is 1.84. The Labute approximate surface area is 69.7 Å². The Kier molecular flexibility index (Phi) is 3.84. The highest BCUT2D eigenvalue weighted by Gasteiger charge is 2.20. The summed E-state index contributed by atoms with van der Waals surface area (Å²) in [6, 6.07) is 0.124. The molecule has 5 heteroatoms. The topological polar surface area (TPSA) is 41.5 Å². The molecule has 0 aromatic rings. The van der Waals surface area contributed by atoms with E-state index in [1.807, 2.05) is 0 Å². The second kappa shape index (κ2) is 4.69. The summed E-state index contributed by atoms with van der Waals surface area (Å²) < 4.78 is 28.6. The number of aliphatic hydroxyl groups is 1. The fourth-order valence-corrected chi connectivity index (χ4v) is 1.07. The number of hydrogen-bond donors (Lipinski definition) is 2. The first kappa shape index (κ1) is 9.83. The average molecular weight is 181 g/mol. The van der Waals surface area contributed by atoms with Crippen molar-refractivity contribution in [1.82, 2.24) is 5.32 Å². The van der Waals surface area contributed by atoms with Gasteiger partial charge in [0.05, 0.1) is 6.61 Å². The molecule has 3 nitrogen and oxygen atoms in total. The van der Waals surface area contributed by atoms with Crippen LogP contribution in [0.25, 0.3) is 0 Å². The standard InChI is InChI=1S/C7H13F2NO2/c8-7(9)6(11)3-10-5-1-2-12-4-5/h5-7,10-11H,1-4H2. The molecule has 0 aromatic heterocycles. The van der Waals surface area contributed by atoms with E-state index in [1.54, 1.807) is 0 Å². The predicted octanol–water partition coefficient (Wildman–Crippen LogP) is -0.00910. The first-order valence-corrected chi connectivity index (χ1v) is 3.97. The molecule has 0 spiro atoms. The molecule has 0 bridgehead atoms. The quantitative estimate of drug-likeness (QED) is 0.641. The number of alkyl halides is 2. The van der Waals surface area contributed by atoms with Crippen molar-refractivity contribution in [1.29, 1.82) is 0 Å². The average Bonchev–Trinajstić information content (AvgIpc) is 2.51. The van der Waals surface area contributed by atoms with Gasteiger partial charge in [-0.05, 0) is 6.42 Å². The van der Waals surface area contributed by atoms with Gasteiger partial charge in [0.1, 0.15) is 6.10 Å². The van der Waals surface area contributed by atoms with Gasteiger partial charge < -0.3 is 15.2 Å². The highest BCUT2D eigenvalue weighted by Crippen LogP contribution is 2.04. The Hall–Kier alpha value is -0.260. The fraction of sp³-hybridized carbons (Fsp3) is 1.00. The highest BCUT2D eigenvalue weighted by molar-refractivity contribution is 4.73. The van der Waals surface area contributed by atoms with Crippen LogP contribution in [-0.4, -0.2) is 43.4 Å². The Bertz CT molecular complexity index is 127. The number of rotatable bonds is 4. The number of hydrogen-bond acceptors (Lipinski definition) is 3. The van der Waals surface area contributed by atoms with Gasteiger partial charge in [0, 0.05) is 19.2 Å². The normalized spacial score (nSPS) is 26.5. The maximum Gasteiger partial charge on any atom is 0.265 e. The van der Waals surface area contributed by atoms with E-state index >= 15 is 0 Å². The molecule has 0 saturated carbocycles. The van der Waals surface area contributed by atoms with E-state index in [-0.39, 0.29) is 12.6 Å². The van der Waals surface area contributed by atoms with Crippen molar-refractivity contribution in [2.45, 2.75) is 25.0 Å². The molecule has 1 aliphatic rings. The summed E-state index contributed by atoms with van der Waals surface area (Å²) in [6.45, 7) is 1.16. The number of aliphatic hydroxyl groups excluding tert-OH is 1. The molecular weight excluding hydrogens is 168 g/mol. The van der Waals surface area contributed by atoms with E-state index in [0.717, 1.165) is 6.42 Å². The minimum Gasteiger partial charge on any atom is -0.386 e. The van der Waals surface area contributed by atoms with Crippen LogP contribution in [0.15, 0.2) is 0 Å². The predicted molar refractivity (Wildman–Crippen MR) is 39.2 cm³/mol. The van der Waals surface area contributed by atoms with Gasteiger partial charge in [0.2, 0.25) is 0 Å². The summed E-state index contributed by atoms with van der Waals surface area (Å²) in [5, 5.41) is 11.5. The van der Waals surface area contributed by atoms with E-state index in [1.165, 1.54) is 0 Å². The first-order chi connectivity index (χ1) is 5.70. The zero-order chi connectivity index (χ0) is 8.97. The molecule has 1 heterocycles. The molecule has 0 aromatic carbocycles. The summed E-state index contributed by atoms with van der Waals surface area (Å²) in [5.74, 6) is 0. The molecule has 2 unspecified atom stereocenters. The van der Waals surface area contributed by atoms with Crippen molar-refractivity contribution in [3.05, 3.63) is 0 Å². The maximum absolute atomic E-state index is 11.8. The third kappa shape index (κ3) is 3.00. The molecule has 12 heavy (non-hydrogen) atoms. The zero-order valence-electron chi connectivity index (χ0n) is 6.67. The lowest BCUT2D eigenvalue weighted by Gasteiger charge is -2.14. The molecule has 0 aliphatic carbocycles. The summed E-state index contributed by atoms with van der Waals surface area (Å²) in [4.78, 5) is 0. The smallest absolute Gasteiger partial charge is 0.265 e. The molecule has 2 atom stereocenters. The molecule has 1 aliphatic heterocycles. The first-order valence-electron chi connectivity index (χ1n) is 3.97. The van der Waals surface area contributed by atoms with Crippen LogP contribution in [0.2, 0.25) is 0 Å². The van der Waals surface area contributed by atoms with Crippen LogP contribution in [0.5, 0.6) is 0 Å². The summed E-state index contributed by atoms with van der Waals surface area (Å²) in [6.07, 6.45) is -3.40. The molecule has 1 rings (SSSR count). The number of ether oxygens (including phenoxy) is 1. The van der Waals surface area contributed by atoms with Gasteiger partial charge in [-0.15, -0.1) is 0 Å². The van der Waals surface area contributed by atoms with E-state index in [4.69, 9.17) is 9.84 Å². The lowest BCUT2D eigenvalue weighted by molar-refractivity contribution is -0.00473. The monoisotopic (exact) mass is 181 g/mol. The summed E-state index contributed by atoms with van der Waals surface area (Å²) in [7, 11) is 0. The molecule has 0 radical (unpaired) electrons. The largest absolute Gasteiger partial charge is 0.386 e. The minimum atomic E-state index is -2.67. The van der Waals surface area contributed by atoms with Gasteiger partial charge in [-0.25, -0.2) is 8.78 Å². The van der Waals surface area contributed by atoms with Crippen LogP contribution >= 0.6 is 0 Å². The van der Waals surface area contributed by atoms with E-state index in [0.29, 0.717) is 13.2 Å². The number of halogens is 2. The van der Waals surface area contributed by atoms with Crippen LogP contribution in [0.4, 0.5) is 8.78 Å². The van der Waals surface area contributed by atoms with Gasteiger partial charge >= 0.3 is 0 Å². The van der Waals surface area contributed by atoms with E-state index < -0.39 is 12.5 Å². The summed E-state index contributed by atoms with van der Waals surface area (Å²) >= 11 is 0. The zero-order valence-corrected chi connectivity index (χ0v) is 6.67.